The predicted molar refractivity (Wildman–Crippen MR) is 68.5 cm³/mol. The Morgan fingerprint density at radius 2 is 2.28 bits per heavy atom. The molecule has 2 rings (SSSR count). The fourth-order valence-electron chi connectivity index (χ4n) is 1.29. The summed E-state index contributed by atoms with van der Waals surface area (Å²) in [6.07, 6.45) is 3.06. The van der Waals surface area contributed by atoms with E-state index in [2.05, 4.69) is 31.2 Å². The van der Waals surface area contributed by atoms with E-state index in [4.69, 9.17) is 5.73 Å². The molecular formula is C11H8BrFN4O. The highest BCUT2D eigenvalue weighted by Gasteiger charge is 2.15. The van der Waals surface area contributed by atoms with Crippen LogP contribution in [0.3, 0.4) is 0 Å². The average molecular weight is 311 g/mol. The molecule has 0 aliphatic rings. The Kier molecular flexibility index (Phi) is 3.52. The molecule has 0 bridgehead atoms. The fraction of sp³-hybridized carbons (Fsp3) is 0. The van der Waals surface area contributed by atoms with E-state index in [0.29, 0.717) is 5.69 Å². The Morgan fingerprint density at radius 1 is 1.50 bits per heavy atom. The first-order valence-corrected chi connectivity index (χ1v) is 5.70. The maximum Gasteiger partial charge on any atom is 0.276 e. The minimum atomic E-state index is -0.620. The Bertz CT molecular complexity index is 591. The van der Waals surface area contributed by atoms with Gasteiger partial charge in [-0.3, -0.25) is 9.78 Å². The molecular weight excluding hydrogens is 303 g/mol. The number of anilines is 2. The molecule has 7 heteroatoms. The summed E-state index contributed by atoms with van der Waals surface area (Å²) >= 11 is 2.90. The lowest BCUT2D eigenvalue weighted by molar-refractivity contribution is 0.102. The van der Waals surface area contributed by atoms with Gasteiger partial charge in [0, 0.05) is 12.3 Å². The Hall–Kier alpha value is -2.02. The largest absolute Gasteiger partial charge is 0.397 e. The summed E-state index contributed by atoms with van der Waals surface area (Å²) in [7, 11) is 0. The van der Waals surface area contributed by atoms with E-state index < -0.39 is 11.7 Å². The zero-order valence-electron chi connectivity index (χ0n) is 9.02. The average Bonchev–Trinajstić information content (AvgIpc) is 2.35. The van der Waals surface area contributed by atoms with Crippen LogP contribution in [0, 0.1) is 5.82 Å². The number of nitrogens with one attached hydrogen (secondary N) is 1. The second kappa shape index (κ2) is 5.09. The zero-order valence-corrected chi connectivity index (χ0v) is 10.6. The fourth-order valence-corrected chi connectivity index (χ4v) is 1.58. The minimum Gasteiger partial charge on any atom is -0.397 e. The molecule has 0 unspecified atom stereocenters. The molecule has 0 atom stereocenters. The Labute approximate surface area is 110 Å². The van der Waals surface area contributed by atoms with E-state index in [-0.39, 0.29) is 16.0 Å². The number of carbonyl (C=O) groups excluding carboxylic acids is 1. The predicted octanol–water partition coefficient (Wildman–Crippen LogP) is 2.21. The van der Waals surface area contributed by atoms with E-state index in [1.165, 1.54) is 6.20 Å². The van der Waals surface area contributed by atoms with Crippen LogP contribution in [0.4, 0.5) is 15.8 Å². The number of nitrogen functional groups attached to an aromatic ring is 1. The molecule has 0 aromatic carbocycles. The van der Waals surface area contributed by atoms with E-state index in [9.17, 15) is 9.18 Å². The third-order valence-corrected chi connectivity index (χ3v) is 2.65. The molecule has 0 aliphatic carbocycles. The number of halogens is 2. The van der Waals surface area contributed by atoms with Crippen LogP contribution in [0.15, 0.2) is 35.2 Å². The van der Waals surface area contributed by atoms with Crippen molar-refractivity contribution in [2.75, 3.05) is 11.1 Å². The van der Waals surface area contributed by atoms with Gasteiger partial charge in [0.05, 0.1) is 17.6 Å². The molecule has 2 aromatic rings. The van der Waals surface area contributed by atoms with Crippen LogP contribution in [0.2, 0.25) is 0 Å². The Morgan fingerprint density at radius 3 is 2.94 bits per heavy atom. The highest BCUT2D eigenvalue weighted by atomic mass is 79.9. The molecule has 0 saturated heterocycles. The number of aromatic nitrogens is 2. The van der Waals surface area contributed by atoms with Crippen molar-refractivity contribution in [2.45, 2.75) is 0 Å². The van der Waals surface area contributed by atoms with Crippen LogP contribution < -0.4 is 11.1 Å². The van der Waals surface area contributed by atoms with Crippen LogP contribution in [0.25, 0.3) is 0 Å². The number of rotatable bonds is 2. The van der Waals surface area contributed by atoms with Gasteiger partial charge in [-0.05, 0) is 28.1 Å². The molecule has 92 valence electrons. The summed E-state index contributed by atoms with van der Waals surface area (Å²) in [5, 5.41) is 2.56. The summed E-state index contributed by atoms with van der Waals surface area (Å²) < 4.78 is 13.1. The number of carbonyl (C=O) groups is 1. The third kappa shape index (κ3) is 2.62. The van der Waals surface area contributed by atoms with Gasteiger partial charge < -0.3 is 11.1 Å². The van der Waals surface area contributed by atoms with Crippen molar-refractivity contribution in [2.24, 2.45) is 0 Å². The number of hydrogen-bond donors (Lipinski definition) is 2. The number of pyridine rings is 2. The maximum absolute atomic E-state index is 13.1. The normalized spacial score (nSPS) is 10.1. The third-order valence-electron chi connectivity index (χ3n) is 2.10. The first kappa shape index (κ1) is 12.4. The smallest absolute Gasteiger partial charge is 0.276 e. The molecule has 5 nitrogen and oxygen atoms in total. The van der Waals surface area contributed by atoms with Crippen molar-refractivity contribution in [3.05, 3.63) is 46.7 Å². The van der Waals surface area contributed by atoms with Gasteiger partial charge in [-0.25, -0.2) is 9.37 Å². The lowest BCUT2D eigenvalue weighted by Crippen LogP contribution is -2.16. The van der Waals surface area contributed by atoms with Crippen LogP contribution in [0.5, 0.6) is 0 Å². The van der Waals surface area contributed by atoms with Gasteiger partial charge >= 0.3 is 0 Å². The first-order valence-electron chi connectivity index (χ1n) is 4.91. The molecule has 3 N–H and O–H groups in total. The van der Waals surface area contributed by atoms with Crippen molar-refractivity contribution in [1.29, 1.82) is 0 Å². The van der Waals surface area contributed by atoms with Gasteiger partial charge in [0.25, 0.3) is 5.91 Å². The second-order valence-electron chi connectivity index (χ2n) is 3.39. The second-order valence-corrected chi connectivity index (χ2v) is 4.15. The van der Waals surface area contributed by atoms with Gasteiger partial charge in [0.1, 0.15) is 4.60 Å². The topological polar surface area (TPSA) is 80.9 Å². The van der Waals surface area contributed by atoms with Gasteiger partial charge in [0.2, 0.25) is 0 Å². The van der Waals surface area contributed by atoms with Gasteiger partial charge in [-0.2, -0.15) is 0 Å². The molecule has 0 fully saturated rings. The standard InChI is InChI=1S/C11H8BrFN4O/c12-10-7(13)4-8(14)9(17-10)11(18)16-6-2-1-3-15-5-6/h1-5H,14H2,(H,16,18). The highest BCUT2D eigenvalue weighted by molar-refractivity contribution is 9.10. The highest BCUT2D eigenvalue weighted by Crippen LogP contribution is 2.19. The van der Waals surface area contributed by atoms with Crippen LogP contribution in [0.1, 0.15) is 10.5 Å². The number of nitrogens with two attached hydrogens (primary N) is 1. The summed E-state index contributed by atoms with van der Waals surface area (Å²) in [6.45, 7) is 0. The van der Waals surface area contributed by atoms with Crippen LogP contribution in [-0.2, 0) is 0 Å². The van der Waals surface area contributed by atoms with Crippen molar-refractivity contribution in [3.63, 3.8) is 0 Å². The quantitative estimate of drug-likeness (QED) is 0.833. The van der Waals surface area contributed by atoms with E-state index in [1.807, 2.05) is 0 Å². The first-order chi connectivity index (χ1) is 8.58. The molecule has 0 radical (unpaired) electrons. The van der Waals surface area contributed by atoms with Crippen LogP contribution >= 0.6 is 15.9 Å². The summed E-state index contributed by atoms with van der Waals surface area (Å²) in [4.78, 5) is 19.5. The van der Waals surface area contributed by atoms with E-state index in [0.717, 1.165) is 6.07 Å². The van der Waals surface area contributed by atoms with Gasteiger partial charge in [-0.1, -0.05) is 0 Å². The lowest BCUT2D eigenvalue weighted by Gasteiger charge is -2.07. The van der Waals surface area contributed by atoms with E-state index >= 15 is 0 Å². The molecule has 2 heterocycles. The summed E-state index contributed by atoms with van der Waals surface area (Å²) in [5.74, 6) is -1.15. The monoisotopic (exact) mass is 310 g/mol. The number of nitrogens with zero attached hydrogens (tertiary/aromatic N) is 2. The SMILES string of the molecule is Nc1cc(F)c(Br)nc1C(=O)Nc1cccnc1. The van der Waals surface area contributed by atoms with Crippen molar-refractivity contribution < 1.29 is 9.18 Å². The van der Waals surface area contributed by atoms with Crippen molar-refractivity contribution >= 4 is 33.2 Å². The van der Waals surface area contributed by atoms with Crippen LogP contribution in [-0.4, -0.2) is 15.9 Å². The van der Waals surface area contributed by atoms with E-state index in [1.54, 1.807) is 18.3 Å². The maximum atomic E-state index is 13.1. The summed E-state index contributed by atoms with van der Waals surface area (Å²) in [5.41, 5.74) is 5.97. The van der Waals surface area contributed by atoms with Crippen molar-refractivity contribution in [1.82, 2.24) is 9.97 Å². The molecule has 0 saturated carbocycles. The molecule has 0 aliphatic heterocycles. The lowest BCUT2D eigenvalue weighted by atomic mass is 10.2. The summed E-state index contributed by atoms with van der Waals surface area (Å²) in [6, 6.07) is 4.38. The minimum absolute atomic E-state index is 0.0305. The molecule has 2 aromatic heterocycles. The molecule has 0 spiro atoms. The van der Waals surface area contributed by atoms with Gasteiger partial charge in [0.15, 0.2) is 11.5 Å². The molecule has 1 amide bonds. The molecule has 18 heavy (non-hydrogen) atoms. The van der Waals surface area contributed by atoms with Gasteiger partial charge in [-0.15, -0.1) is 0 Å². The van der Waals surface area contributed by atoms with Crippen molar-refractivity contribution in [3.8, 4) is 0 Å². The Balaban J connectivity index is 2.27. The number of amides is 1. The zero-order chi connectivity index (χ0) is 13.1. The number of hydrogen-bond acceptors (Lipinski definition) is 4.